The number of alkyl halides is 1. The van der Waals surface area contributed by atoms with E-state index in [-0.39, 0.29) is 0 Å². The van der Waals surface area contributed by atoms with E-state index in [1.807, 2.05) is 0 Å². The van der Waals surface area contributed by atoms with Crippen LogP contribution in [-0.4, -0.2) is 4.83 Å². The van der Waals surface area contributed by atoms with Gasteiger partial charge in [-0.25, -0.2) is 0 Å². The molecule has 3 atom stereocenters. The molecule has 0 heterocycles. The summed E-state index contributed by atoms with van der Waals surface area (Å²) >= 11 is 3.81. The Morgan fingerprint density at radius 2 is 1.06 bits per heavy atom. The van der Waals surface area contributed by atoms with Crippen LogP contribution in [0, 0.1) is 23.7 Å². The Morgan fingerprint density at radius 1 is 0.529 bits per heavy atom. The molecular formula is C16H27Br. The minimum Gasteiger partial charge on any atom is -0.0891 e. The van der Waals surface area contributed by atoms with Crippen LogP contribution in [0.4, 0.5) is 0 Å². The van der Waals surface area contributed by atoms with Crippen molar-refractivity contribution in [2.45, 2.75) is 75.5 Å². The molecule has 3 unspecified atom stereocenters. The summed E-state index contributed by atoms with van der Waals surface area (Å²) in [5, 5.41) is 0. The highest BCUT2D eigenvalue weighted by molar-refractivity contribution is 9.09. The van der Waals surface area contributed by atoms with Crippen molar-refractivity contribution in [3.05, 3.63) is 0 Å². The molecule has 3 saturated carbocycles. The summed E-state index contributed by atoms with van der Waals surface area (Å²) < 4.78 is 0. The van der Waals surface area contributed by atoms with Crippen molar-refractivity contribution >= 4 is 15.9 Å². The van der Waals surface area contributed by atoms with Crippen molar-refractivity contribution in [3.63, 3.8) is 0 Å². The van der Waals surface area contributed by atoms with Crippen molar-refractivity contribution in [2.75, 3.05) is 0 Å². The van der Waals surface area contributed by atoms with Crippen LogP contribution in [0.5, 0.6) is 0 Å². The molecule has 0 aromatic heterocycles. The molecule has 1 heteroatoms. The molecule has 3 aliphatic rings. The molecule has 3 fully saturated rings. The number of rotatable bonds is 1. The van der Waals surface area contributed by atoms with Crippen molar-refractivity contribution in [1.29, 1.82) is 0 Å². The van der Waals surface area contributed by atoms with E-state index in [1.54, 1.807) is 32.1 Å². The quantitative estimate of drug-likeness (QED) is 0.557. The molecule has 0 aliphatic heterocycles. The molecule has 0 saturated heterocycles. The van der Waals surface area contributed by atoms with E-state index in [1.165, 1.54) is 38.5 Å². The fourth-order valence-electron chi connectivity index (χ4n) is 5.08. The summed E-state index contributed by atoms with van der Waals surface area (Å²) in [6.45, 7) is 0. The lowest BCUT2D eigenvalue weighted by Gasteiger charge is -2.46. The van der Waals surface area contributed by atoms with Gasteiger partial charge in [-0.15, -0.1) is 0 Å². The van der Waals surface area contributed by atoms with Crippen LogP contribution in [-0.2, 0) is 0 Å². The molecule has 17 heavy (non-hydrogen) atoms. The van der Waals surface area contributed by atoms with E-state index < -0.39 is 0 Å². The normalized spacial score (nSPS) is 47.5. The van der Waals surface area contributed by atoms with E-state index in [4.69, 9.17) is 0 Å². The largest absolute Gasteiger partial charge is 0.0891 e. The topological polar surface area (TPSA) is 0 Å². The number of hydrogen-bond acceptors (Lipinski definition) is 0. The summed E-state index contributed by atoms with van der Waals surface area (Å²) in [7, 11) is 0. The predicted molar refractivity (Wildman–Crippen MR) is 77.5 cm³/mol. The highest BCUT2D eigenvalue weighted by atomic mass is 79.9. The van der Waals surface area contributed by atoms with Gasteiger partial charge in [0.1, 0.15) is 0 Å². The van der Waals surface area contributed by atoms with Gasteiger partial charge in [-0.2, -0.15) is 0 Å². The maximum atomic E-state index is 3.81. The Kier molecular flexibility index (Phi) is 4.14. The van der Waals surface area contributed by atoms with E-state index in [9.17, 15) is 0 Å². The van der Waals surface area contributed by atoms with Crippen LogP contribution >= 0.6 is 15.9 Å². The molecule has 0 spiro atoms. The lowest BCUT2D eigenvalue weighted by molar-refractivity contribution is 0.0508. The fraction of sp³-hybridized carbons (Fsp3) is 1.00. The summed E-state index contributed by atoms with van der Waals surface area (Å²) in [5.74, 6) is 4.47. The minimum absolute atomic E-state index is 0.837. The van der Waals surface area contributed by atoms with E-state index in [0.29, 0.717) is 0 Å². The summed E-state index contributed by atoms with van der Waals surface area (Å²) in [5.41, 5.74) is 0. The fourth-order valence-corrected chi connectivity index (χ4v) is 5.61. The van der Waals surface area contributed by atoms with Gasteiger partial charge in [0.2, 0.25) is 0 Å². The molecule has 98 valence electrons. The Bertz CT molecular complexity index is 240. The molecule has 0 amide bonds. The van der Waals surface area contributed by atoms with Crippen molar-refractivity contribution in [2.24, 2.45) is 23.7 Å². The standard InChI is InChI=1S/C16H27Br/c17-14-10-8-13(9-11-14)16-7-3-5-12-4-1-2-6-15(12)16/h12-16H,1-11H2. The highest BCUT2D eigenvalue weighted by Gasteiger charge is 2.39. The monoisotopic (exact) mass is 298 g/mol. The molecule has 0 N–H and O–H groups in total. The zero-order chi connectivity index (χ0) is 11.7. The van der Waals surface area contributed by atoms with Gasteiger partial charge in [0, 0.05) is 4.83 Å². The first-order valence-corrected chi connectivity index (χ1v) is 8.90. The number of halogens is 1. The maximum Gasteiger partial charge on any atom is 0.0146 e. The Morgan fingerprint density at radius 3 is 1.82 bits per heavy atom. The van der Waals surface area contributed by atoms with Gasteiger partial charge in [-0.05, 0) is 62.2 Å². The van der Waals surface area contributed by atoms with Crippen molar-refractivity contribution in [1.82, 2.24) is 0 Å². The van der Waals surface area contributed by atoms with Crippen molar-refractivity contribution < 1.29 is 0 Å². The first-order chi connectivity index (χ1) is 8.34. The SMILES string of the molecule is BrC1CCC(C2CCCC3CCCCC32)CC1. The molecule has 0 aromatic rings. The second kappa shape index (κ2) is 5.63. The lowest BCUT2D eigenvalue weighted by Crippen LogP contribution is -2.36. The average Bonchev–Trinajstić information content (AvgIpc) is 2.39. The molecule has 0 bridgehead atoms. The zero-order valence-corrected chi connectivity index (χ0v) is 12.6. The second-order valence-corrected chi connectivity index (χ2v) is 8.11. The van der Waals surface area contributed by atoms with Crippen LogP contribution in [0.25, 0.3) is 0 Å². The van der Waals surface area contributed by atoms with Gasteiger partial charge in [-0.3, -0.25) is 0 Å². The second-order valence-electron chi connectivity index (χ2n) is 6.82. The third kappa shape index (κ3) is 2.74. The molecule has 0 aromatic carbocycles. The van der Waals surface area contributed by atoms with Gasteiger partial charge in [0.25, 0.3) is 0 Å². The predicted octanol–water partition coefficient (Wildman–Crippen LogP) is 5.55. The summed E-state index contributed by atoms with van der Waals surface area (Å²) in [6, 6.07) is 0. The van der Waals surface area contributed by atoms with Crippen molar-refractivity contribution in [3.8, 4) is 0 Å². The van der Waals surface area contributed by atoms with E-state index in [0.717, 1.165) is 28.5 Å². The number of fused-ring (bicyclic) bond motifs is 1. The van der Waals surface area contributed by atoms with Gasteiger partial charge in [0.15, 0.2) is 0 Å². The molecular weight excluding hydrogens is 272 g/mol. The smallest absolute Gasteiger partial charge is 0.0146 e. The third-order valence-corrected chi connectivity index (χ3v) is 6.85. The van der Waals surface area contributed by atoms with Gasteiger partial charge >= 0.3 is 0 Å². The third-order valence-electron chi connectivity index (χ3n) is 5.94. The summed E-state index contributed by atoms with van der Waals surface area (Å²) in [6.07, 6.45) is 16.8. The Labute approximate surface area is 115 Å². The van der Waals surface area contributed by atoms with Crippen LogP contribution in [0.15, 0.2) is 0 Å². The van der Waals surface area contributed by atoms with Gasteiger partial charge in [-0.1, -0.05) is 48.0 Å². The van der Waals surface area contributed by atoms with Crippen LogP contribution in [0.1, 0.15) is 70.6 Å². The molecule has 0 nitrogen and oxygen atoms in total. The van der Waals surface area contributed by atoms with Crippen LogP contribution in [0.2, 0.25) is 0 Å². The number of hydrogen-bond donors (Lipinski definition) is 0. The minimum atomic E-state index is 0.837. The lowest BCUT2D eigenvalue weighted by atomic mass is 9.60. The van der Waals surface area contributed by atoms with E-state index in [2.05, 4.69) is 15.9 Å². The molecule has 0 radical (unpaired) electrons. The average molecular weight is 299 g/mol. The highest BCUT2D eigenvalue weighted by Crippen LogP contribution is 2.49. The van der Waals surface area contributed by atoms with E-state index >= 15 is 0 Å². The van der Waals surface area contributed by atoms with Crippen LogP contribution in [0.3, 0.4) is 0 Å². The Hall–Kier alpha value is 0.480. The van der Waals surface area contributed by atoms with Crippen LogP contribution < -0.4 is 0 Å². The Balaban J connectivity index is 1.64. The van der Waals surface area contributed by atoms with Gasteiger partial charge < -0.3 is 0 Å². The van der Waals surface area contributed by atoms with Gasteiger partial charge in [0.05, 0.1) is 0 Å². The molecule has 3 aliphatic carbocycles. The first-order valence-electron chi connectivity index (χ1n) is 7.98. The zero-order valence-electron chi connectivity index (χ0n) is 11.0. The maximum absolute atomic E-state index is 3.81. The first kappa shape index (κ1) is 12.5. The summed E-state index contributed by atoms with van der Waals surface area (Å²) in [4.78, 5) is 0.837. The molecule has 3 rings (SSSR count).